The highest BCUT2D eigenvalue weighted by Gasteiger charge is 2.60. The Morgan fingerprint density at radius 1 is 1.11 bits per heavy atom. The summed E-state index contributed by atoms with van der Waals surface area (Å²) < 4.78 is 47.2. The molecule has 0 spiro atoms. The first-order chi connectivity index (χ1) is 13.1. The first-order valence-corrected chi connectivity index (χ1v) is 10.4. The first-order valence-electron chi connectivity index (χ1n) is 8.95. The Morgan fingerprint density at radius 3 is 2.39 bits per heavy atom. The monoisotopic (exact) mass is 400 g/mol. The van der Waals surface area contributed by atoms with Gasteiger partial charge in [0.1, 0.15) is 11.6 Å². The van der Waals surface area contributed by atoms with Gasteiger partial charge in [-0.05, 0) is 41.2 Å². The lowest BCUT2D eigenvalue weighted by Gasteiger charge is -2.03. The minimum Gasteiger partial charge on any atom is -0.334 e. The SMILES string of the molecule is Cn1cc([C@H]2[C@H](c3ccc(S(=O)(=O)O)cc3)C2(C)C)nc1-c1cccc(F)c1. The maximum Gasteiger partial charge on any atom is 0.294 e. The molecule has 4 rings (SSSR count). The van der Waals surface area contributed by atoms with Crippen LogP contribution in [0, 0.1) is 11.2 Å². The Morgan fingerprint density at radius 2 is 1.79 bits per heavy atom. The van der Waals surface area contributed by atoms with Crippen LogP contribution in [0.25, 0.3) is 11.4 Å². The highest BCUT2D eigenvalue weighted by Crippen LogP contribution is 2.69. The zero-order chi connectivity index (χ0) is 20.3. The summed E-state index contributed by atoms with van der Waals surface area (Å²) in [4.78, 5) is 4.66. The van der Waals surface area contributed by atoms with Gasteiger partial charge in [-0.25, -0.2) is 9.37 Å². The molecule has 146 valence electrons. The average molecular weight is 400 g/mol. The molecular weight excluding hydrogens is 379 g/mol. The molecule has 0 saturated heterocycles. The van der Waals surface area contributed by atoms with E-state index in [4.69, 9.17) is 9.54 Å². The van der Waals surface area contributed by atoms with Gasteiger partial charge in [-0.2, -0.15) is 8.42 Å². The molecule has 0 unspecified atom stereocenters. The normalized spacial score (nSPS) is 20.9. The molecule has 0 bridgehead atoms. The van der Waals surface area contributed by atoms with Crippen LogP contribution in [0.15, 0.2) is 59.6 Å². The molecule has 0 radical (unpaired) electrons. The van der Waals surface area contributed by atoms with Gasteiger partial charge in [0, 0.05) is 24.7 Å². The standard InChI is InChI=1S/C21H21FN2O3S/c1-21(2)18(13-7-9-16(10-8-13)28(25,26)27)19(21)17-12-24(3)20(23-17)14-5-4-6-15(22)11-14/h4-12,18-19H,1-3H3,(H,25,26,27)/t18-,19-/m0/s1. The van der Waals surface area contributed by atoms with Gasteiger partial charge >= 0.3 is 0 Å². The maximum absolute atomic E-state index is 13.6. The molecule has 1 fully saturated rings. The van der Waals surface area contributed by atoms with E-state index < -0.39 is 10.1 Å². The van der Waals surface area contributed by atoms with E-state index in [2.05, 4.69) is 13.8 Å². The number of rotatable bonds is 4. The average Bonchev–Trinajstić information content (AvgIpc) is 2.99. The van der Waals surface area contributed by atoms with Crippen LogP contribution in [-0.2, 0) is 17.2 Å². The Kier molecular flexibility index (Phi) is 4.21. The summed E-state index contributed by atoms with van der Waals surface area (Å²) in [5.41, 5.74) is 2.60. The van der Waals surface area contributed by atoms with E-state index in [1.165, 1.54) is 24.3 Å². The van der Waals surface area contributed by atoms with Crippen LogP contribution < -0.4 is 0 Å². The fraction of sp³-hybridized carbons (Fsp3) is 0.286. The van der Waals surface area contributed by atoms with E-state index >= 15 is 0 Å². The van der Waals surface area contributed by atoms with Crippen molar-refractivity contribution in [3.63, 3.8) is 0 Å². The van der Waals surface area contributed by atoms with Crippen LogP contribution >= 0.6 is 0 Å². The van der Waals surface area contributed by atoms with Crippen LogP contribution in [0.4, 0.5) is 4.39 Å². The van der Waals surface area contributed by atoms with Crippen LogP contribution in [-0.4, -0.2) is 22.5 Å². The number of imidazole rings is 1. The molecule has 5 nitrogen and oxygen atoms in total. The molecular formula is C21H21FN2O3S. The zero-order valence-electron chi connectivity index (χ0n) is 15.8. The lowest BCUT2D eigenvalue weighted by molar-refractivity contribution is 0.483. The third-order valence-electron chi connectivity index (χ3n) is 5.66. The number of hydrogen-bond acceptors (Lipinski definition) is 3. The number of halogens is 1. The Balaban J connectivity index is 1.66. The van der Waals surface area contributed by atoms with Crippen LogP contribution in [0.5, 0.6) is 0 Å². The lowest BCUT2D eigenvalue weighted by Crippen LogP contribution is -1.98. The molecule has 2 atom stereocenters. The maximum atomic E-state index is 13.6. The van der Waals surface area contributed by atoms with Crippen molar-refractivity contribution < 1.29 is 17.4 Å². The topological polar surface area (TPSA) is 72.2 Å². The van der Waals surface area contributed by atoms with Crippen molar-refractivity contribution in [3.8, 4) is 11.4 Å². The highest BCUT2D eigenvalue weighted by molar-refractivity contribution is 7.85. The van der Waals surface area contributed by atoms with Crippen molar-refractivity contribution in [2.45, 2.75) is 30.6 Å². The predicted molar refractivity (Wildman–Crippen MR) is 104 cm³/mol. The minimum absolute atomic E-state index is 0.0484. The van der Waals surface area contributed by atoms with Crippen molar-refractivity contribution in [2.75, 3.05) is 0 Å². The van der Waals surface area contributed by atoms with Crippen molar-refractivity contribution in [2.24, 2.45) is 12.5 Å². The van der Waals surface area contributed by atoms with E-state index in [0.717, 1.165) is 16.8 Å². The van der Waals surface area contributed by atoms with Gasteiger partial charge in [0.15, 0.2) is 0 Å². The van der Waals surface area contributed by atoms with Crippen molar-refractivity contribution in [1.29, 1.82) is 0 Å². The smallest absolute Gasteiger partial charge is 0.294 e. The van der Waals surface area contributed by atoms with E-state index in [1.54, 1.807) is 18.2 Å². The number of aromatic nitrogens is 2. The lowest BCUT2D eigenvalue weighted by atomic mass is 10.0. The molecule has 0 aliphatic heterocycles. The van der Waals surface area contributed by atoms with E-state index in [1.807, 2.05) is 23.9 Å². The van der Waals surface area contributed by atoms with Gasteiger partial charge in [0.25, 0.3) is 10.1 Å². The first kappa shape index (κ1) is 18.8. The third kappa shape index (κ3) is 3.14. The second kappa shape index (κ2) is 6.25. The molecule has 7 heteroatoms. The number of nitrogens with zero attached hydrogens (tertiary/aromatic N) is 2. The van der Waals surface area contributed by atoms with Crippen molar-refractivity contribution >= 4 is 10.1 Å². The van der Waals surface area contributed by atoms with E-state index in [9.17, 15) is 12.8 Å². The summed E-state index contributed by atoms with van der Waals surface area (Å²) >= 11 is 0. The third-order valence-corrected chi connectivity index (χ3v) is 6.53. The molecule has 3 aromatic rings. The zero-order valence-corrected chi connectivity index (χ0v) is 16.6. The van der Waals surface area contributed by atoms with Crippen LogP contribution in [0.2, 0.25) is 0 Å². The second-order valence-electron chi connectivity index (χ2n) is 7.93. The van der Waals surface area contributed by atoms with Gasteiger partial charge in [-0.1, -0.05) is 38.1 Å². The number of aryl methyl sites for hydroxylation is 1. The summed E-state index contributed by atoms with van der Waals surface area (Å²) in [5, 5.41) is 0. The summed E-state index contributed by atoms with van der Waals surface area (Å²) in [6, 6.07) is 12.7. The largest absolute Gasteiger partial charge is 0.334 e. The van der Waals surface area contributed by atoms with Crippen molar-refractivity contribution in [3.05, 3.63) is 71.8 Å². The fourth-order valence-electron chi connectivity index (χ4n) is 4.19. The van der Waals surface area contributed by atoms with Gasteiger partial charge in [-0.3, -0.25) is 4.55 Å². The molecule has 1 N–H and O–H groups in total. The quantitative estimate of drug-likeness (QED) is 0.660. The second-order valence-corrected chi connectivity index (χ2v) is 9.35. The Hall–Kier alpha value is -2.51. The molecule has 1 saturated carbocycles. The van der Waals surface area contributed by atoms with E-state index in [0.29, 0.717) is 5.82 Å². The molecule has 1 aliphatic carbocycles. The van der Waals surface area contributed by atoms with Gasteiger partial charge in [-0.15, -0.1) is 0 Å². The molecule has 1 heterocycles. The molecule has 1 aromatic heterocycles. The van der Waals surface area contributed by atoms with Gasteiger partial charge in [0.2, 0.25) is 0 Å². The highest BCUT2D eigenvalue weighted by atomic mass is 32.2. The molecule has 2 aromatic carbocycles. The minimum atomic E-state index is -4.20. The Bertz CT molecular complexity index is 1150. The van der Waals surface area contributed by atoms with Crippen LogP contribution in [0.3, 0.4) is 0 Å². The van der Waals surface area contributed by atoms with Gasteiger partial charge in [0.05, 0.1) is 10.6 Å². The summed E-state index contributed by atoms with van der Waals surface area (Å²) in [5.74, 6) is 0.749. The fourth-order valence-corrected chi connectivity index (χ4v) is 4.67. The van der Waals surface area contributed by atoms with Gasteiger partial charge < -0.3 is 4.57 Å². The predicted octanol–water partition coefficient (Wildman–Crippen LogP) is 4.38. The number of benzene rings is 2. The Labute approximate surface area is 163 Å². The summed E-state index contributed by atoms with van der Waals surface area (Å²) in [7, 11) is -2.31. The molecule has 1 aliphatic rings. The van der Waals surface area contributed by atoms with Crippen molar-refractivity contribution in [1.82, 2.24) is 9.55 Å². The van der Waals surface area contributed by atoms with Crippen LogP contribution in [0.1, 0.15) is 36.9 Å². The molecule has 0 amide bonds. The number of hydrogen-bond donors (Lipinski definition) is 1. The summed E-state index contributed by atoms with van der Waals surface area (Å²) in [6.07, 6.45) is 1.97. The van der Waals surface area contributed by atoms with E-state index in [-0.39, 0.29) is 28.0 Å². The summed E-state index contributed by atoms with van der Waals surface area (Å²) in [6.45, 7) is 4.30. The molecule has 28 heavy (non-hydrogen) atoms.